The average molecular weight is 407 g/mol. The maximum atomic E-state index is 12.6. The number of hydrogen-bond donors (Lipinski definition) is 1. The number of hydrogen-bond acceptors (Lipinski definition) is 5. The van der Waals surface area contributed by atoms with E-state index in [2.05, 4.69) is 10.3 Å². The van der Waals surface area contributed by atoms with E-state index >= 15 is 0 Å². The fourth-order valence-electron chi connectivity index (χ4n) is 3.39. The Morgan fingerprint density at radius 2 is 2.10 bits per heavy atom. The van der Waals surface area contributed by atoms with Crippen LogP contribution in [0.25, 0.3) is 10.4 Å². The average Bonchev–Trinajstić information content (AvgIpc) is 3.42. The van der Waals surface area contributed by atoms with E-state index in [4.69, 9.17) is 4.74 Å². The molecule has 3 aromatic rings. The Balaban J connectivity index is 1.37. The molecule has 0 saturated carbocycles. The Hall–Kier alpha value is -3.19. The minimum Gasteiger partial charge on any atom is -0.497 e. The SMILES string of the molecule is COc1ccc(N2CC(C(=O)NCc3cncc(-c4cccs4)c3)CC2=O)cc1. The highest BCUT2D eigenvalue weighted by Crippen LogP contribution is 2.27. The van der Waals surface area contributed by atoms with Gasteiger partial charge in [0.05, 0.1) is 13.0 Å². The molecule has 1 aliphatic rings. The Morgan fingerprint density at radius 1 is 1.28 bits per heavy atom. The quantitative estimate of drug-likeness (QED) is 0.679. The van der Waals surface area contributed by atoms with E-state index in [9.17, 15) is 9.59 Å². The second-order valence-electron chi connectivity index (χ2n) is 6.88. The third-order valence-corrected chi connectivity index (χ3v) is 5.87. The molecule has 6 nitrogen and oxygen atoms in total. The summed E-state index contributed by atoms with van der Waals surface area (Å²) in [7, 11) is 1.60. The third-order valence-electron chi connectivity index (χ3n) is 4.95. The first-order valence-corrected chi connectivity index (χ1v) is 10.2. The van der Waals surface area contributed by atoms with Crippen molar-refractivity contribution in [3.63, 3.8) is 0 Å². The molecule has 1 N–H and O–H groups in total. The number of ether oxygens (including phenoxy) is 1. The minimum absolute atomic E-state index is 0.0447. The number of carbonyl (C=O) groups excluding carboxylic acids is 2. The Kier molecular flexibility index (Phi) is 5.57. The molecule has 3 heterocycles. The Bertz CT molecular complexity index is 1000. The highest BCUT2D eigenvalue weighted by atomic mass is 32.1. The molecule has 2 amide bonds. The second-order valence-corrected chi connectivity index (χ2v) is 7.83. The van der Waals surface area contributed by atoms with Crippen LogP contribution in [0.2, 0.25) is 0 Å². The molecule has 0 aliphatic carbocycles. The topological polar surface area (TPSA) is 71.5 Å². The number of thiophene rings is 1. The highest BCUT2D eigenvalue weighted by molar-refractivity contribution is 7.13. The van der Waals surface area contributed by atoms with E-state index in [1.54, 1.807) is 29.5 Å². The molecule has 7 heteroatoms. The number of rotatable bonds is 6. The van der Waals surface area contributed by atoms with Crippen LogP contribution in [0.5, 0.6) is 5.75 Å². The first kappa shape index (κ1) is 19.1. The summed E-state index contributed by atoms with van der Waals surface area (Å²) in [4.78, 5) is 32.1. The lowest BCUT2D eigenvalue weighted by molar-refractivity contribution is -0.126. The maximum Gasteiger partial charge on any atom is 0.227 e. The third kappa shape index (κ3) is 4.30. The summed E-state index contributed by atoms with van der Waals surface area (Å²) in [5, 5.41) is 4.97. The van der Waals surface area contributed by atoms with Crippen LogP contribution in [-0.4, -0.2) is 30.5 Å². The van der Waals surface area contributed by atoms with Crippen molar-refractivity contribution < 1.29 is 14.3 Å². The van der Waals surface area contributed by atoms with Gasteiger partial charge in [-0.1, -0.05) is 6.07 Å². The van der Waals surface area contributed by atoms with Gasteiger partial charge in [0.25, 0.3) is 0 Å². The summed E-state index contributed by atoms with van der Waals surface area (Å²) >= 11 is 1.65. The lowest BCUT2D eigenvalue weighted by Gasteiger charge is -2.17. The largest absolute Gasteiger partial charge is 0.497 e. The number of anilines is 1. The van der Waals surface area contributed by atoms with E-state index < -0.39 is 0 Å². The smallest absolute Gasteiger partial charge is 0.227 e. The van der Waals surface area contributed by atoms with Crippen LogP contribution in [0, 0.1) is 5.92 Å². The van der Waals surface area contributed by atoms with Gasteiger partial charge >= 0.3 is 0 Å². The molecule has 148 valence electrons. The van der Waals surface area contributed by atoms with Crippen LogP contribution in [0.3, 0.4) is 0 Å². The van der Waals surface area contributed by atoms with Crippen LogP contribution in [0.4, 0.5) is 5.69 Å². The fourth-order valence-corrected chi connectivity index (χ4v) is 4.10. The van der Waals surface area contributed by atoms with Crippen LogP contribution in [0.1, 0.15) is 12.0 Å². The fraction of sp³-hybridized carbons (Fsp3) is 0.227. The molecular weight excluding hydrogens is 386 g/mol. The maximum absolute atomic E-state index is 12.6. The van der Waals surface area contributed by atoms with Crippen molar-refractivity contribution in [1.29, 1.82) is 0 Å². The number of methoxy groups -OCH3 is 1. The number of carbonyl (C=O) groups is 2. The summed E-state index contributed by atoms with van der Waals surface area (Å²) in [6, 6.07) is 13.4. The van der Waals surface area contributed by atoms with Crippen molar-refractivity contribution in [2.45, 2.75) is 13.0 Å². The van der Waals surface area contributed by atoms with Crippen molar-refractivity contribution in [3.8, 4) is 16.2 Å². The van der Waals surface area contributed by atoms with E-state index in [0.717, 1.165) is 27.4 Å². The molecule has 2 aromatic heterocycles. The van der Waals surface area contributed by atoms with Crippen molar-refractivity contribution >= 4 is 28.8 Å². The van der Waals surface area contributed by atoms with Crippen molar-refractivity contribution in [3.05, 3.63) is 65.8 Å². The summed E-state index contributed by atoms with van der Waals surface area (Å²) in [6.07, 6.45) is 3.78. The molecular formula is C22H21N3O3S. The van der Waals surface area contributed by atoms with E-state index in [1.807, 2.05) is 54.0 Å². The molecule has 1 saturated heterocycles. The minimum atomic E-state index is -0.363. The van der Waals surface area contributed by atoms with E-state index in [-0.39, 0.29) is 24.2 Å². The molecule has 1 atom stereocenters. The summed E-state index contributed by atoms with van der Waals surface area (Å²) in [5.41, 5.74) is 2.74. The van der Waals surface area contributed by atoms with Crippen molar-refractivity contribution in [2.24, 2.45) is 5.92 Å². The van der Waals surface area contributed by atoms with Crippen LogP contribution >= 0.6 is 11.3 Å². The Morgan fingerprint density at radius 3 is 2.83 bits per heavy atom. The van der Waals surface area contributed by atoms with E-state index in [0.29, 0.717) is 13.1 Å². The number of nitrogens with zero attached hydrogens (tertiary/aromatic N) is 2. The number of benzene rings is 1. The number of aromatic nitrogens is 1. The van der Waals surface area contributed by atoms with Gasteiger partial charge in [-0.2, -0.15) is 0 Å². The normalized spacial score (nSPS) is 16.1. The zero-order chi connectivity index (χ0) is 20.2. The second kappa shape index (κ2) is 8.45. The predicted octanol–water partition coefficient (Wildman–Crippen LogP) is 3.49. The van der Waals surface area contributed by atoms with Gasteiger partial charge in [-0.3, -0.25) is 14.6 Å². The van der Waals surface area contributed by atoms with Gasteiger partial charge in [0.15, 0.2) is 0 Å². The molecule has 1 unspecified atom stereocenters. The van der Waals surface area contributed by atoms with Gasteiger partial charge in [-0.15, -0.1) is 11.3 Å². The molecule has 1 fully saturated rings. The zero-order valence-electron chi connectivity index (χ0n) is 16.0. The monoisotopic (exact) mass is 407 g/mol. The predicted molar refractivity (Wildman–Crippen MR) is 113 cm³/mol. The molecule has 0 bridgehead atoms. The van der Waals surface area contributed by atoms with Gasteiger partial charge in [0, 0.05) is 48.0 Å². The lowest BCUT2D eigenvalue weighted by atomic mass is 10.1. The summed E-state index contributed by atoms with van der Waals surface area (Å²) < 4.78 is 5.15. The van der Waals surface area contributed by atoms with Gasteiger partial charge in [0.2, 0.25) is 11.8 Å². The number of nitrogens with one attached hydrogen (secondary N) is 1. The van der Waals surface area contributed by atoms with Crippen LogP contribution in [-0.2, 0) is 16.1 Å². The van der Waals surface area contributed by atoms with Crippen molar-refractivity contribution in [1.82, 2.24) is 10.3 Å². The van der Waals surface area contributed by atoms with Crippen molar-refractivity contribution in [2.75, 3.05) is 18.6 Å². The summed E-state index contributed by atoms with van der Waals surface area (Å²) in [5.74, 6) is 0.207. The lowest BCUT2D eigenvalue weighted by Crippen LogP contribution is -2.32. The molecule has 4 rings (SSSR count). The molecule has 1 aromatic carbocycles. The van der Waals surface area contributed by atoms with Crippen LogP contribution in [0.15, 0.2) is 60.2 Å². The molecule has 29 heavy (non-hydrogen) atoms. The molecule has 0 spiro atoms. The van der Waals surface area contributed by atoms with E-state index in [1.165, 1.54) is 0 Å². The Labute approximate surface area is 173 Å². The van der Waals surface area contributed by atoms with Crippen LogP contribution < -0.4 is 15.0 Å². The first-order valence-electron chi connectivity index (χ1n) is 9.34. The van der Waals surface area contributed by atoms with Gasteiger partial charge in [0.1, 0.15) is 5.75 Å². The van der Waals surface area contributed by atoms with Gasteiger partial charge in [-0.25, -0.2) is 0 Å². The molecule has 1 aliphatic heterocycles. The number of amides is 2. The first-order chi connectivity index (χ1) is 14.1. The molecule has 0 radical (unpaired) electrons. The van der Waals surface area contributed by atoms with Gasteiger partial charge < -0.3 is 15.0 Å². The highest BCUT2D eigenvalue weighted by Gasteiger charge is 2.35. The standard InChI is InChI=1S/C22H21N3O3S/c1-28-19-6-4-18(5-7-19)25-14-17(10-21(25)26)22(27)24-12-15-9-16(13-23-11-15)20-3-2-8-29-20/h2-9,11,13,17H,10,12,14H2,1H3,(H,24,27). The zero-order valence-corrected chi connectivity index (χ0v) is 16.8. The van der Waals surface area contributed by atoms with Gasteiger partial charge in [-0.05, 0) is 47.3 Å². The number of pyridine rings is 1. The summed E-state index contributed by atoms with van der Waals surface area (Å²) in [6.45, 7) is 0.767.